The second-order valence-electron chi connectivity index (χ2n) is 6.81. The number of piperazine rings is 1. The number of amides is 4. The van der Waals surface area contributed by atoms with Gasteiger partial charge in [0.15, 0.2) is 0 Å². The topological polar surface area (TPSA) is 60.9 Å². The Morgan fingerprint density at radius 2 is 2.00 bits per heavy atom. The van der Waals surface area contributed by atoms with Crippen LogP contribution in [0.3, 0.4) is 0 Å². The highest BCUT2D eigenvalue weighted by Gasteiger charge is 2.47. The highest BCUT2D eigenvalue weighted by Crippen LogP contribution is 2.25. The van der Waals surface area contributed by atoms with Crippen molar-refractivity contribution in [1.82, 2.24) is 14.7 Å². The molecule has 0 aromatic carbocycles. The van der Waals surface area contributed by atoms with Crippen LogP contribution in [0.5, 0.6) is 0 Å². The summed E-state index contributed by atoms with van der Waals surface area (Å²) in [6.07, 6.45) is 1.98. The van der Waals surface area contributed by atoms with Gasteiger partial charge in [-0.1, -0.05) is 26.8 Å². The third kappa shape index (κ3) is 3.09. The van der Waals surface area contributed by atoms with E-state index in [2.05, 4.69) is 6.58 Å². The van der Waals surface area contributed by atoms with Gasteiger partial charge in [-0.3, -0.25) is 14.5 Å². The van der Waals surface area contributed by atoms with E-state index in [1.807, 2.05) is 20.8 Å². The molecule has 0 N–H and O–H groups in total. The number of hydrogen-bond acceptors (Lipinski definition) is 3. The maximum absolute atomic E-state index is 12.3. The maximum Gasteiger partial charge on any atom is 0.327 e. The second kappa shape index (κ2) is 5.50. The van der Waals surface area contributed by atoms with Crippen LogP contribution in [-0.4, -0.2) is 64.8 Å². The number of urea groups is 1. The lowest BCUT2D eigenvalue weighted by atomic mass is 9.91. The molecule has 116 valence electrons. The van der Waals surface area contributed by atoms with Crippen molar-refractivity contribution >= 4 is 17.8 Å². The number of carbonyl (C=O) groups excluding carboxylic acids is 3. The highest BCUT2D eigenvalue weighted by molar-refractivity contribution is 6.04. The molecule has 0 radical (unpaired) electrons. The summed E-state index contributed by atoms with van der Waals surface area (Å²) in [6, 6.07) is -0.803. The molecule has 1 unspecified atom stereocenters. The van der Waals surface area contributed by atoms with Gasteiger partial charge < -0.3 is 9.80 Å². The number of fused-ring (bicyclic) bond motifs is 1. The molecule has 2 heterocycles. The smallest absolute Gasteiger partial charge is 0.327 e. The normalized spacial score (nSPS) is 22.6. The Kier molecular flexibility index (Phi) is 4.07. The van der Waals surface area contributed by atoms with Crippen LogP contribution in [0.25, 0.3) is 0 Å². The summed E-state index contributed by atoms with van der Waals surface area (Å²) in [5.41, 5.74) is -0.0847. The molecule has 2 aliphatic heterocycles. The maximum atomic E-state index is 12.3. The Morgan fingerprint density at radius 3 is 2.57 bits per heavy atom. The highest BCUT2D eigenvalue weighted by atomic mass is 16.2. The molecule has 0 aliphatic carbocycles. The Morgan fingerprint density at radius 1 is 1.33 bits per heavy atom. The first-order chi connectivity index (χ1) is 9.74. The molecule has 0 aromatic heterocycles. The van der Waals surface area contributed by atoms with Crippen molar-refractivity contribution in [3.8, 4) is 0 Å². The Bertz CT molecular complexity index is 481. The minimum absolute atomic E-state index is 0.0459. The van der Waals surface area contributed by atoms with Crippen LogP contribution in [0.2, 0.25) is 0 Å². The fourth-order valence-electron chi connectivity index (χ4n) is 2.74. The van der Waals surface area contributed by atoms with Gasteiger partial charge in [-0.15, -0.1) is 6.58 Å². The van der Waals surface area contributed by atoms with Crippen molar-refractivity contribution in [3.05, 3.63) is 12.7 Å². The van der Waals surface area contributed by atoms with Crippen LogP contribution >= 0.6 is 0 Å². The minimum Gasteiger partial charge on any atom is -0.338 e. The quantitative estimate of drug-likeness (QED) is 0.578. The van der Waals surface area contributed by atoms with Gasteiger partial charge in [0, 0.05) is 26.1 Å². The van der Waals surface area contributed by atoms with Crippen LogP contribution < -0.4 is 0 Å². The van der Waals surface area contributed by atoms with Crippen molar-refractivity contribution < 1.29 is 14.4 Å². The average Bonchev–Trinajstić information content (AvgIpc) is 2.62. The van der Waals surface area contributed by atoms with E-state index in [1.54, 1.807) is 9.80 Å². The standard InChI is InChI=1S/C15H23N3O3/c1-5-6-18-13(20)11-10-16(7-8-17(11)14(18)21)12(19)9-15(2,3)4/h5,11H,1,6-10H2,2-4H3. The van der Waals surface area contributed by atoms with Gasteiger partial charge >= 0.3 is 6.03 Å². The van der Waals surface area contributed by atoms with Crippen LogP contribution in [0.1, 0.15) is 27.2 Å². The van der Waals surface area contributed by atoms with E-state index >= 15 is 0 Å². The van der Waals surface area contributed by atoms with Crippen LogP contribution in [0.15, 0.2) is 12.7 Å². The van der Waals surface area contributed by atoms with E-state index in [-0.39, 0.29) is 29.8 Å². The predicted molar refractivity (Wildman–Crippen MR) is 78.5 cm³/mol. The van der Waals surface area contributed by atoms with Crippen LogP contribution in [0.4, 0.5) is 4.79 Å². The van der Waals surface area contributed by atoms with Gasteiger partial charge in [0.1, 0.15) is 6.04 Å². The van der Waals surface area contributed by atoms with E-state index in [9.17, 15) is 14.4 Å². The summed E-state index contributed by atoms with van der Waals surface area (Å²) in [7, 11) is 0. The Balaban J connectivity index is 2.06. The molecule has 2 rings (SSSR count). The Labute approximate surface area is 125 Å². The number of imide groups is 1. The predicted octanol–water partition coefficient (Wildman–Crippen LogP) is 1.08. The van der Waals surface area contributed by atoms with E-state index in [0.717, 1.165) is 0 Å². The molecule has 0 spiro atoms. The zero-order valence-electron chi connectivity index (χ0n) is 13.0. The molecule has 0 bridgehead atoms. The molecule has 2 saturated heterocycles. The van der Waals surface area contributed by atoms with E-state index < -0.39 is 6.04 Å². The Hall–Kier alpha value is -1.85. The third-order valence-electron chi connectivity index (χ3n) is 3.75. The molecular formula is C15H23N3O3. The number of rotatable bonds is 3. The van der Waals surface area contributed by atoms with Crippen molar-refractivity contribution in [1.29, 1.82) is 0 Å². The van der Waals surface area contributed by atoms with Crippen molar-refractivity contribution in [2.75, 3.05) is 26.2 Å². The van der Waals surface area contributed by atoms with E-state index in [4.69, 9.17) is 0 Å². The van der Waals surface area contributed by atoms with Crippen LogP contribution in [-0.2, 0) is 9.59 Å². The fourth-order valence-corrected chi connectivity index (χ4v) is 2.74. The van der Waals surface area contributed by atoms with Crippen molar-refractivity contribution in [2.24, 2.45) is 5.41 Å². The first-order valence-electron chi connectivity index (χ1n) is 7.25. The number of nitrogens with zero attached hydrogens (tertiary/aromatic N) is 3. The summed E-state index contributed by atoms with van der Waals surface area (Å²) in [5, 5.41) is 0. The molecule has 6 heteroatoms. The molecule has 6 nitrogen and oxygen atoms in total. The molecule has 0 aromatic rings. The number of carbonyl (C=O) groups is 3. The van der Waals surface area contributed by atoms with Crippen molar-refractivity contribution in [2.45, 2.75) is 33.2 Å². The third-order valence-corrected chi connectivity index (χ3v) is 3.75. The summed E-state index contributed by atoms with van der Waals surface area (Å²) in [5.74, 6) is -0.183. The zero-order chi connectivity index (χ0) is 15.8. The molecule has 0 saturated carbocycles. The summed E-state index contributed by atoms with van der Waals surface area (Å²) < 4.78 is 0. The van der Waals surface area contributed by atoms with Crippen molar-refractivity contribution in [3.63, 3.8) is 0 Å². The first kappa shape index (κ1) is 15.5. The largest absolute Gasteiger partial charge is 0.338 e. The average molecular weight is 293 g/mol. The zero-order valence-corrected chi connectivity index (χ0v) is 13.0. The summed E-state index contributed by atoms with van der Waals surface area (Å²) >= 11 is 0. The lowest BCUT2D eigenvalue weighted by Gasteiger charge is -2.36. The summed E-state index contributed by atoms with van der Waals surface area (Å²) in [4.78, 5) is 41.1. The SMILES string of the molecule is C=CCN1C(=O)C2CN(C(=O)CC(C)(C)C)CCN2C1=O. The molecule has 2 aliphatic rings. The minimum atomic E-state index is -0.532. The molecular weight excluding hydrogens is 270 g/mol. The molecule has 2 fully saturated rings. The number of hydrogen-bond donors (Lipinski definition) is 0. The monoisotopic (exact) mass is 293 g/mol. The van der Waals surface area contributed by atoms with Gasteiger partial charge in [-0.05, 0) is 5.41 Å². The summed E-state index contributed by atoms with van der Waals surface area (Å²) in [6.45, 7) is 11.0. The van der Waals surface area contributed by atoms with Gasteiger partial charge in [0.05, 0.1) is 6.54 Å². The molecule has 4 amide bonds. The van der Waals surface area contributed by atoms with Crippen LogP contribution in [0, 0.1) is 5.41 Å². The lowest BCUT2D eigenvalue weighted by molar-refractivity contribution is -0.137. The molecule has 1 atom stereocenters. The lowest BCUT2D eigenvalue weighted by Crippen LogP contribution is -2.55. The van der Waals surface area contributed by atoms with E-state index in [1.165, 1.54) is 11.0 Å². The van der Waals surface area contributed by atoms with Gasteiger partial charge in [-0.2, -0.15) is 0 Å². The fraction of sp³-hybridized carbons (Fsp3) is 0.667. The molecule has 21 heavy (non-hydrogen) atoms. The van der Waals surface area contributed by atoms with Gasteiger partial charge in [-0.25, -0.2) is 4.79 Å². The van der Waals surface area contributed by atoms with Gasteiger partial charge in [0.2, 0.25) is 5.91 Å². The second-order valence-corrected chi connectivity index (χ2v) is 6.81. The van der Waals surface area contributed by atoms with Gasteiger partial charge in [0.25, 0.3) is 5.91 Å². The van der Waals surface area contributed by atoms with E-state index in [0.29, 0.717) is 26.1 Å². The first-order valence-corrected chi connectivity index (χ1v) is 7.25.